The zero-order valence-corrected chi connectivity index (χ0v) is 13.9. The first-order chi connectivity index (χ1) is 10.6. The predicted octanol–water partition coefficient (Wildman–Crippen LogP) is 3.15. The Hall–Kier alpha value is -1.26. The first-order valence-corrected chi connectivity index (χ1v) is 8.38. The number of carbonyl (C=O) groups is 1. The lowest BCUT2D eigenvalue weighted by Crippen LogP contribution is -2.47. The monoisotopic (exact) mass is 324 g/mol. The largest absolute Gasteiger partial charge is 0.494 e. The fraction of sp³-hybridized carbons (Fsp3) is 0.588. The van der Waals surface area contributed by atoms with Crippen LogP contribution in [0.4, 0.5) is 0 Å². The molecule has 1 amide bonds. The number of piperidine rings is 1. The summed E-state index contributed by atoms with van der Waals surface area (Å²) in [6.45, 7) is 3.89. The molecule has 1 aliphatic rings. The van der Waals surface area contributed by atoms with E-state index in [0.29, 0.717) is 26.0 Å². The van der Waals surface area contributed by atoms with E-state index in [2.05, 4.69) is 0 Å². The van der Waals surface area contributed by atoms with Crippen molar-refractivity contribution in [1.82, 2.24) is 4.90 Å². The Kier molecular flexibility index (Phi) is 6.52. The van der Waals surface area contributed by atoms with Crippen molar-refractivity contribution in [2.45, 2.75) is 45.1 Å². The molecule has 0 spiro atoms. The molecule has 1 aliphatic heterocycles. The third-order valence-corrected chi connectivity index (χ3v) is 4.58. The van der Waals surface area contributed by atoms with E-state index >= 15 is 0 Å². The van der Waals surface area contributed by atoms with Gasteiger partial charge in [0.2, 0.25) is 5.91 Å². The number of ether oxygens (including phenoxy) is 1. The molecule has 2 rings (SSSR count). The molecule has 0 aromatic heterocycles. The van der Waals surface area contributed by atoms with E-state index in [1.165, 1.54) is 6.42 Å². The number of aryl methyl sites for hydroxylation is 1. The molecule has 1 saturated heterocycles. The molecule has 4 nitrogen and oxygen atoms in total. The van der Waals surface area contributed by atoms with E-state index in [1.807, 2.05) is 30.0 Å². The number of halogens is 1. The topological polar surface area (TPSA) is 55.6 Å². The maximum Gasteiger partial charge on any atom is 0.222 e. The summed E-state index contributed by atoms with van der Waals surface area (Å²) in [5.41, 5.74) is 6.75. The second kappa shape index (κ2) is 8.39. The molecule has 0 bridgehead atoms. The summed E-state index contributed by atoms with van der Waals surface area (Å²) in [4.78, 5) is 14.2. The second-order valence-electron chi connectivity index (χ2n) is 5.84. The quantitative estimate of drug-likeness (QED) is 0.818. The van der Waals surface area contributed by atoms with Gasteiger partial charge in [-0.3, -0.25) is 4.79 Å². The molecule has 2 N–H and O–H groups in total. The Morgan fingerprint density at radius 1 is 1.45 bits per heavy atom. The smallest absolute Gasteiger partial charge is 0.222 e. The van der Waals surface area contributed by atoms with Gasteiger partial charge in [0.25, 0.3) is 0 Å². The van der Waals surface area contributed by atoms with E-state index < -0.39 is 0 Å². The maximum atomic E-state index is 12.3. The summed E-state index contributed by atoms with van der Waals surface area (Å²) in [5, 5.41) is 0.737. The summed E-state index contributed by atoms with van der Waals surface area (Å²) in [7, 11) is 0. The van der Waals surface area contributed by atoms with Crippen LogP contribution in [0.1, 0.15) is 37.7 Å². The number of hydrogen-bond donors (Lipinski definition) is 1. The molecule has 0 radical (unpaired) electrons. The second-order valence-corrected chi connectivity index (χ2v) is 6.24. The van der Waals surface area contributed by atoms with Crippen molar-refractivity contribution in [2.75, 3.05) is 19.7 Å². The van der Waals surface area contributed by atoms with Crippen LogP contribution in [0.15, 0.2) is 18.2 Å². The van der Waals surface area contributed by atoms with Gasteiger partial charge in [-0.25, -0.2) is 0 Å². The number of likely N-dealkylation sites (tertiary alicyclic amines) is 1. The Labute approximate surface area is 137 Å². The van der Waals surface area contributed by atoms with Crippen LogP contribution in [0.3, 0.4) is 0 Å². The van der Waals surface area contributed by atoms with Crippen molar-refractivity contribution in [3.63, 3.8) is 0 Å². The molecule has 1 fully saturated rings. The van der Waals surface area contributed by atoms with Crippen LogP contribution < -0.4 is 10.5 Å². The van der Waals surface area contributed by atoms with Crippen LogP contribution in [-0.4, -0.2) is 36.5 Å². The first kappa shape index (κ1) is 17.1. The summed E-state index contributed by atoms with van der Waals surface area (Å²) >= 11 is 5.98. The zero-order valence-electron chi connectivity index (χ0n) is 13.2. The maximum absolute atomic E-state index is 12.3. The van der Waals surface area contributed by atoms with Crippen molar-refractivity contribution in [3.05, 3.63) is 28.8 Å². The van der Waals surface area contributed by atoms with Crippen LogP contribution in [0, 0.1) is 6.92 Å². The van der Waals surface area contributed by atoms with Gasteiger partial charge < -0.3 is 15.4 Å². The molecular formula is C17H25ClN2O2. The van der Waals surface area contributed by atoms with Crippen LogP contribution in [0.2, 0.25) is 5.02 Å². The Balaban J connectivity index is 1.73. The lowest BCUT2D eigenvalue weighted by atomic mass is 10.0. The molecule has 5 heteroatoms. The number of hydrogen-bond acceptors (Lipinski definition) is 3. The van der Waals surface area contributed by atoms with E-state index in [1.54, 1.807) is 0 Å². The summed E-state index contributed by atoms with van der Waals surface area (Å²) in [5.74, 6) is 0.998. The van der Waals surface area contributed by atoms with E-state index in [9.17, 15) is 4.79 Å². The number of nitrogens with two attached hydrogens (primary N) is 1. The highest BCUT2D eigenvalue weighted by molar-refractivity contribution is 6.31. The summed E-state index contributed by atoms with van der Waals surface area (Å²) < 4.78 is 5.68. The van der Waals surface area contributed by atoms with Gasteiger partial charge in [-0.15, -0.1) is 0 Å². The Morgan fingerprint density at radius 2 is 2.27 bits per heavy atom. The third-order valence-electron chi connectivity index (χ3n) is 4.15. The average Bonchev–Trinajstić information content (AvgIpc) is 2.54. The van der Waals surface area contributed by atoms with Gasteiger partial charge in [0.05, 0.1) is 6.61 Å². The molecule has 0 aliphatic carbocycles. The number of amides is 1. The molecule has 122 valence electrons. The molecule has 1 aromatic carbocycles. The molecule has 0 saturated carbocycles. The Morgan fingerprint density at radius 3 is 3.00 bits per heavy atom. The van der Waals surface area contributed by atoms with Crippen molar-refractivity contribution in [1.29, 1.82) is 0 Å². The van der Waals surface area contributed by atoms with Gasteiger partial charge >= 0.3 is 0 Å². The van der Waals surface area contributed by atoms with Crippen LogP contribution in [0.5, 0.6) is 5.75 Å². The van der Waals surface area contributed by atoms with Gasteiger partial charge in [-0.2, -0.15) is 0 Å². The Bertz CT molecular complexity index is 507. The normalized spacial score (nSPS) is 18.3. The van der Waals surface area contributed by atoms with Gasteiger partial charge in [-0.1, -0.05) is 11.6 Å². The van der Waals surface area contributed by atoms with Crippen LogP contribution in [-0.2, 0) is 4.79 Å². The van der Waals surface area contributed by atoms with Gasteiger partial charge in [-0.05, 0) is 56.4 Å². The minimum absolute atomic E-state index is 0.200. The van der Waals surface area contributed by atoms with Crippen molar-refractivity contribution < 1.29 is 9.53 Å². The van der Waals surface area contributed by atoms with E-state index in [4.69, 9.17) is 22.1 Å². The molecule has 1 heterocycles. The number of rotatable bonds is 6. The SMILES string of the molecule is Cc1cc(OCCCC(=O)N2CCCCC2CN)ccc1Cl. The molecule has 1 unspecified atom stereocenters. The highest BCUT2D eigenvalue weighted by atomic mass is 35.5. The van der Waals surface area contributed by atoms with Crippen molar-refractivity contribution in [2.24, 2.45) is 5.73 Å². The highest BCUT2D eigenvalue weighted by Gasteiger charge is 2.24. The van der Waals surface area contributed by atoms with Gasteiger partial charge in [0, 0.05) is 30.6 Å². The lowest BCUT2D eigenvalue weighted by Gasteiger charge is -2.35. The fourth-order valence-corrected chi connectivity index (χ4v) is 2.96. The fourth-order valence-electron chi connectivity index (χ4n) is 2.84. The molecular weight excluding hydrogens is 300 g/mol. The van der Waals surface area contributed by atoms with E-state index in [-0.39, 0.29) is 11.9 Å². The molecule has 1 atom stereocenters. The van der Waals surface area contributed by atoms with Gasteiger partial charge in [0.15, 0.2) is 0 Å². The van der Waals surface area contributed by atoms with E-state index in [0.717, 1.165) is 35.7 Å². The first-order valence-electron chi connectivity index (χ1n) is 8.00. The number of nitrogens with zero attached hydrogens (tertiary/aromatic N) is 1. The van der Waals surface area contributed by atoms with Crippen LogP contribution >= 0.6 is 11.6 Å². The molecule has 22 heavy (non-hydrogen) atoms. The minimum Gasteiger partial charge on any atom is -0.494 e. The van der Waals surface area contributed by atoms with Crippen molar-refractivity contribution >= 4 is 17.5 Å². The van der Waals surface area contributed by atoms with Gasteiger partial charge in [0.1, 0.15) is 5.75 Å². The standard InChI is InChI=1S/C17H25ClN2O2/c1-13-11-15(7-8-16(13)18)22-10-4-6-17(21)20-9-3-2-5-14(20)12-19/h7-8,11,14H,2-6,9-10,12,19H2,1H3. The van der Waals surface area contributed by atoms with Crippen LogP contribution in [0.25, 0.3) is 0 Å². The molecule has 1 aromatic rings. The number of benzene rings is 1. The zero-order chi connectivity index (χ0) is 15.9. The van der Waals surface area contributed by atoms with Crippen molar-refractivity contribution in [3.8, 4) is 5.75 Å². The highest BCUT2D eigenvalue weighted by Crippen LogP contribution is 2.21. The lowest BCUT2D eigenvalue weighted by molar-refractivity contribution is -0.134. The number of carbonyl (C=O) groups excluding carboxylic acids is 1. The predicted molar refractivity (Wildman–Crippen MR) is 89.3 cm³/mol. The third kappa shape index (κ3) is 4.62. The average molecular weight is 325 g/mol. The minimum atomic E-state index is 0.200. The summed E-state index contributed by atoms with van der Waals surface area (Å²) in [6, 6.07) is 5.82. The summed E-state index contributed by atoms with van der Waals surface area (Å²) in [6.07, 6.45) is 4.52.